The first-order chi connectivity index (χ1) is 4.72. The Kier molecular flexibility index (Phi) is 2.24. The predicted octanol–water partition coefficient (Wildman–Crippen LogP) is -0.850. The van der Waals surface area contributed by atoms with E-state index in [-0.39, 0.29) is 6.04 Å². The summed E-state index contributed by atoms with van der Waals surface area (Å²) in [5.74, 6) is -0.917. The second kappa shape index (κ2) is 2.98. The van der Waals surface area contributed by atoms with E-state index in [4.69, 9.17) is 10.8 Å². The number of carboxylic acids is 1. The third kappa shape index (κ3) is 1.46. The zero-order valence-corrected chi connectivity index (χ0v) is 5.71. The van der Waals surface area contributed by atoms with E-state index in [2.05, 4.69) is 5.32 Å². The molecular weight excluding hydrogens is 132 g/mol. The maximum Gasteiger partial charge on any atom is 0.322 e. The van der Waals surface area contributed by atoms with Crippen LogP contribution in [0.3, 0.4) is 0 Å². The van der Waals surface area contributed by atoms with Crippen molar-refractivity contribution in [2.45, 2.75) is 24.9 Å². The predicted molar refractivity (Wildman–Crippen MR) is 36.6 cm³/mol. The molecular formula is C6H12N2O2. The minimum Gasteiger partial charge on any atom is -0.480 e. The third-order valence-corrected chi connectivity index (χ3v) is 1.82. The second-order valence-corrected chi connectivity index (χ2v) is 2.57. The molecule has 10 heavy (non-hydrogen) atoms. The first-order valence-electron chi connectivity index (χ1n) is 3.43. The number of nitrogens with one attached hydrogen (secondary N) is 1. The Balaban J connectivity index is 2.39. The summed E-state index contributed by atoms with van der Waals surface area (Å²) in [7, 11) is 0. The lowest BCUT2D eigenvalue weighted by Crippen LogP contribution is -2.46. The van der Waals surface area contributed by atoms with Gasteiger partial charge in [-0.3, -0.25) is 4.79 Å². The van der Waals surface area contributed by atoms with Gasteiger partial charge in [0, 0.05) is 6.04 Å². The molecule has 1 aliphatic rings. The van der Waals surface area contributed by atoms with Gasteiger partial charge in [0.1, 0.15) is 6.04 Å². The van der Waals surface area contributed by atoms with Crippen molar-refractivity contribution in [1.82, 2.24) is 5.32 Å². The Morgan fingerprint density at radius 2 is 2.50 bits per heavy atom. The number of nitrogens with two attached hydrogens (primary N) is 1. The largest absolute Gasteiger partial charge is 0.480 e. The molecule has 0 aliphatic carbocycles. The van der Waals surface area contributed by atoms with Gasteiger partial charge in [-0.15, -0.1) is 0 Å². The zero-order valence-electron chi connectivity index (χ0n) is 5.71. The Hall–Kier alpha value is -0.610. The molecule has 4 nitrogen and oxygen atoms in total. The molecule has 2 atom stereocenters. The zero-order chi connectivity index (χ0) is 7.56. The summed E-state index contributed by atoms with van der Waals surface area (Å²) in [5, 5.41) is 11.5. The summed E-state index contributed by atoms with van der Waals surface area (Å²) < 4.78 is 0. The highest BCUT2D eigenvalue weighted by molar-refractivity contribution is 5.74. The summed E-state index contributed by atoms with van der Waals surface area (Å²) >= 11 is 0. The number of hydrogen-bond acceptors (Lipinski definition) is 3. The average Bonchev–Trinajstić information content (AvgIpc) is 2.36. The smallest absolute Gasteiger partial charge is 0.322 e. The van der Waals surface area contributed by atoms with Gasteiger partial charge in [-0.25, -0.2) is 0 Å². The Labute approximate surface area is 59.4 Å². The van der Waals surface area contributed by atoms with Gasteiger partial charge < -0.3 is 16.2 Å². The highest BCUT2D eigenvalue weighted by Gasteiger charge is 2.26. The van der Waals surface area contributed by atoms with E-state index in [1.807, 2.05) is 0 Å². The molecule has 0 aromatic heterocycles. The van der Waals surface area contributed by atoms with Crippen LogP contribution in [0.25, 0.3) is 0 Å². The lowest BCUT2D eigenvalue weighted by Gasteiger charge is -2.13. The van der Waals surface area contributed by atoms with E-state index in [0.29, 0.717) is 0 Å². The SMILES string of the molecule is N[C@H](C(=O)O)C1CCCN1. The minimum atomic E-state index is -0.917. The van der Waals surface area contributed by atoms with E-state index in [1.165, 1.54) is 0 Å². The summed E-state index contributed by atoms with van der Waals surface area (Å²) in [6.07, 6.45) is 1.92. The van der Waals surface area contributed by atoms with Crippen molar-refractivity contribution < 1.29 is 9.90 Å². The van der Waals surface area contributed by atoms with E-state index in [1.54, 1.807) is 0 Å². The van der Waals surface area contributed by atoms with Crippen LogP contribution in [-0.2, 0) is 4.79 Å². The molecule has 1 rings (SSSR count). The van der Waals surface area contributed by atoms with Crippen LogP contribution in [0.2, 0.25) is 0 Å². The normalized spacial score (nSPS) is 28.3. The minimum absolute atomic E-state index is 0.0162. The van der Waals surface area contributed by atoms with Crippen LogP contribution in [0.5, 0.6) is 0 Å². The van der Waals surface area contributed by atoms with Crippen molar-refractivity contribution in [3.8, 4) is 0 Å². The van der Waals surface area contributed by atoms with Gasteiger partial charge >= 0.3 is 5.97 Å². The van der Waals surface area contributed by atoms with E-state index in [0.717, 1.165) is 19.4 Å². The molecule has 1 saturated heterocycles. The summed E-state index contributed by atoms with van der Waals surface area (Å²) in [6.45, 7) is 0.894. The molecule has 1 fully saturated rings. The van der Waals surface area contributed by atoms with Crippen LogP contribution >= 0.6 is 0 Å². The van der Waals surface area contributed by atoms with Gasteiger partial charge in [-0.05, 0) is 19.4 Å². The molecule has 0 aromatic carbocycles. The van der Waals surface area contributed by atoms with Gasteiger partial charge in [0.15, 0.2) is 0 Å². The van der Waals surface area contributed by atoms with Crippen molar-refractivity contribution in [1.29, 1.82) is 0 Å². The molecule has 4 heteroatoms. The monoisotopic (exact) mass is 144 g/mol. The summed E-state index contributed by atoms with van der Waals surface area (Å²) in [5.41, 5.74) is 5.36. The van der Waals surface area contributed by atoms with Gasteiger partial charge in [0.05, 0.1) is 0 Å². The van der Waals surface area contributed by atoms with Crippen molar-refractivity contribution in [3.63, 3.8) is 0 Å². The van der Waals surface area contributed by atoms with E-state index < -0.39 is 12.0 Å². The Morgan fingerprint density at radius 3 is 2.90 bits per heavy atom. The Bertz CT molecular complexity index is 132. The number of hydrogen-bond donors (Lipinski definition) is 3. The van der Waals surface area contributed by atoms with Crippen LogP contribution < -0.4 is 11.1 Å². The third-order valence-electron chi connectivity index (χ3n) is 1.82. The molecule has 4 N–H and O–H groups in total. The fraction of sp³-hybridized carbons (Fsp3) is 0.833. The molecule has 1 heterocycles. The van der Waals surface area contributed by atoms with E-state index in [9.17, 15) is 4.79 Å². The molecule has 58 valence electrons. The molecule has 0 radical (unpaired) electrons. The summed E-state index contributed by atoms with van der Waals surface area (Å²) in [6, 6.07) is -0.750. The van der Waals surface area contributed by atoms with Crippen molar-refractivity contribution in [3.05, 3.63) is 0 Å². The molecule has 1 aliphatic heterocycles. The topological polar surface area (TPSA) is 75.4 Å². The molecule has 0 spiro atoms. The van der Waals surface area contributed by atoms with Gasteiger partial charge in [0.2, 0.25) is 0 Å². The Morgan fingerprint density at radius 1 is 1.80 bits per heavy atom. The van der Waals surface area contributed by atoms with Crippen LogP contribution in [0, 0.1) is 0 Å². The summed E-state index contributed by atoms with van der Waals surface area (Å²) in [4.78, 5) is 10.3. The van der Waals surface area contributed by atoms with Crippen molar-refractivity contribution in [2.75, 3.05) is 6.54 Å². The van der Waals surface area contributed by atoms with Crippen LogP contribution in [0.4, 0.5) is 0 Å². The molecule has 0 saturated carbocycles. The van der Waals surface area contributed by atoms with Crippen molar-refractivity contribution >= 4 is 5.97 Å². The van der Waals surface area contributed by atoms with Gasteiger partial charge in [-0.2, -0.15) is 0 Å². The molecule has 0 bridgehead atoms. The first-order valence-corrected chi connectivity index (χ1v) is 3.43. The highest BCUT2D eigenvalue weighted by Crippen LogP contribution is 2.07. The molecule has 0 aromatic rings. The number of carbonyl (C=O) groups is 1. The lowest BCUT2D eigenvalue weighted by atomic mass is 10.1. The first kappa shape index (κ1) is 7.50. The maximum atomic E-state index is 10.3. The second-order valence-electron chi connectivity index (χ2n) is 2.57. The highest BCUT2D eigenvalue weighted by atomic mass is 16.4. The quantitative estimate of drug-likeness (QED) is 0.472. The molecule has 1 unspecified atom stereocenters. The fourth-order valence-electron chi connectivity index (χ4n) is 1.19. The maximum absolute atomic E-state index is 10.3. The number of rotatable bonds is 2. The van der Waals surface area contributed by atoms with E-state index >= 15 is 0 Å². The molecule has 0 amide bonds. The fourth-order valence-corrected chi connectivity index (χ4v) is 1.19. The van der Waals surface area contributed by atoms with Gasteiger partial charge in [0.25, 0.3) is 0 Å². The number of carboxylic acid groups (broad SMARTS) is 1. The standard InChI is InChI=1S/C6H12N2O2/c7-5(6(9)10)4-2-1-3-8-4/h4-5,8H,1-3,7H2,(H,9,10)/t4?,5-/m0/s1. The van der Waals surface area contributed by atoms with Crippen molar-refractivity contribution in [2.24, 2.45) is 5.73 Å². The van der Waals surface area contributed by atoms with Crippen LogP contribution in [0.1, 0.15) is 12.8 Å². The average molecular weight is 144 g/mol. The van der Waals surface area contributed by atoms with Crippen LogP contribution in [0.15, 0.2) is 0 Å². The lowest BCUT2D eigenvalue weighted by molar-refractivity contribution is -0.139. The van der Waals surface area contributed by atoms with Gasteiger partial charge in [-0.1, -0.05) is 0 Å². The number of aliphatic carboxylic acids is 1. The van der Waals surface area contributed by atoms with Crippen LogP contribution in [-0.4, -0.2) is 29.7 Å².